The van der Waals surface area contributed by atoms with E-state index in [4.69, 9.17) is 16.3 Å². The van der Waals surface area contributed by atoms with Crippen LogP contribution in [0.4, 0.5) is 0 Å². The van der Waals surface area contributed by atoms with Crippen LogP contribution in [0.15, 0.2) is 48.5 Å². The lowest BCUT2D eigenvalue weighted by atomic mass is 10.1. The minimum Gasteiger partial charge on any atom is -0.484 e. The molecule has 3 rings (SSSR count). The van der Waals surface area contributed by atoms with Crippen molar-refractivity contribution < 1.29 is 14.3 Å². The molecule has 0 atom stereocenters. The maximum Gasteiger partial charge on any atom is 0.260 e. The maximum absolute atomic E-state index is 12.4. The molecule has 28 heavy (non-hydrogen) atoms. The van der Waals surface area contributed by atoms with Crippen molar-refractivity contribution in [1.82, 2.24) is 9.80 Å². The standard InChI is InChI=1S/C22H25ClN2O3/c1-17-2-9-20(10-3-17)28-16-22(27)25-14-12-24(13-15-25)21(26)11-6-18-4-7-19(23)8-5-18/h2-5,7-10H,6,11-16H2,1H3. The van der Waals surface area contributed by atoms with Crippen LogP contribution >= 0.6 is 11.6 Å². The Kier molecular flexibility index (Phi) is 6.93. The molecule has 2 aromatic carbocycles. The minimum absolute atomic E-state index is 0.0214. The Bertz CT molecular complexity index is 728. The van der Waals surface area contributed by atoms with Gasteiger partial charge in [0.1, 0.15) is 5.75 Å². The van der Waals surface area contributed by atoms with Gasteiger partial charge in [-0.25, -0.2) is 0 Å². The summed E-state index contributed by atoms with van der Waals surface area (Å²) < 4.78 is 5.57. The Labute approximate surface area is 170 Å². The molecular weight excluding hydrogens is 376 g/mol. The van der Waals surface area contributed by atoms with Gasteiger partial charge in [-0.2, -0.15) is 0 Å². The van der Waals surface area contributed by atoms with E-state index in [0.29, 0.717) is 49.8 Å². The third kappa shape index (κ3) is 5.73. The van der Waals surface area contributed by atoms with Crippen molar-refractivity contribution in [2.24, 2.45) is 0 Å². The Hall–Kier alpha value is -2.53. The van der Waals surface area contributed by atoms with E-state index in [9.17, 15) is 9.59 Å². The molecule has 2 aromatic rings. The van der Waals surface area contributed by atoms with E-state index < -0.39 is 0 Å². The molecule has 6 heteroatoms. The van der Waals surface area contributed by atoms with Gasteiger partial charge in [0.25, 0.3) is 5.91 Å². The van der Waals surface area contributed by atoms with Crippen molar-refractivity contribution in [3.05, 3.63) is 64.7 Å². The molecular formula is C22H25ClN2O3. The molecule has 0 unspecified atom stereocenters. The average Bonchev–Trinajstić information content (AvgIpc) is 2.72. The molecule has 1 saturated heterocycles. The first kappa shape index (κ1) is 20.2. The van der Waals surface area contributed by atoms with Crippen molar-refractivity contribution in [1.29, 1.82) is 0 Å². The molecule has 0 spiro atoms. The number of aryl methyl sites for hydroxylation is 2. The topological polar surface area (TPSA) is 49.9 Å². The lowest BCUT2D eigenvalue weighted by Gasteiger charge is -2.34. The van der Waals surface area contributed by atoms with Gasteiger partial charge in [0.2, 0.25) is 5.91 Å². The summed E-state index contributed by atoms with van der Waals surface area (Å²) in [6.45, 7) is 4.25. The summed E-state index contributed by atoms with van der Waals surface area (Å²) in [7, 11) is 0. The van der Waals surface area contributed by atoms with E-state index in [1.54, 1.807) is 4.90 Å². The molecule has 0 bridgehead atoms. The number of halogens is 1. The highest BCUT2D eigenvalue weighted by molar-refractivity contribution is 6.30. The number of hydrogen-bond acceptors (Lipinski definition) is 3. The number of carbonyl (C=O) groups is 2. The van der Waals surface area contributed by atoms with Gasteiger partial charge in [0.15, 0.2) is 6.61 Å². The molecule has 5 nitrogen and oxygen atoms in total. The lowest BCUT2D eigenvalue weighted by molar-refractivity contribution is -0.140. The first-order valence-electron chi connectivity index (χ1n) is 9.51. The summed E-state index contributed by atoms with van der Waals surface area (Å²) in [5.74, 6) is 0.766. The molecule has 0 aromatic heterocycles. The van der Waals surface area contributed by atoms with Gasteiger partial charge in [-0.15, -0.1) is 0 Å². The fourth-order valence-electron chi connectivity index (χ4n) is 3.14. The first-order chi connectivity index (χ1) is 13.5. The minimum atomic E-state index is -0.0474. The van der Waals surface area contributed by atoms with Crippen LogP contribution in [0.1, 0.15) is 17.5 Å². The maximum atomic E-state index is 12.4. The number of amides is 2. The highest BCUT2D eigenvalue weighted by atomic mass is 35.5. The van der Waals surface area contributed by atoms with Gasteiger partial charge in [-0.05, 0) is 43.2 Å². The van der Waals surface area contributed by atoms with Gasteiger partial charge < -0.3 is 14.5 Å². The quantitative estimate of drug-likeness (QED) is 0.747. The molecule has 1 aliphatic heterocycles. The predicted octanol–water partition coefficient (Wildman–Crippen LogP) is 3.33. The van der Waals surface area contributed by atoms with Crippen LogP contribution in [0, 0.1) is 6.92 Å². The molecule has 0 N–H and O–H groups in total. The summed E-state index contributed by atoms with van der Waals surface area (Å²) in [5.41, 5.74) is 2.25. The largest absolute Gasteiger partial charge is 0.484 e. The van der Waals surface area contributed by atoms with E-state index in [-0.39, 0.29) is 18.4 Å². The molecule has 0 radical (unpaired) electrons. The Morgan fingerprint density at radius 3 is 2.07 bits per heavy atom. The van der Waals surface area contributed by atoms with Gasteiger partial charge >= 0.3 is 0 Å². The predicted molar refractivity (Wildman–Crippen MR) is 110 cm³/mol. The van der Waals surface area contributed by atoms with Crippen LogP contribution in [0.5, 0.6) is 5.75 Å². The molecule has 0 aliphatic carbocycles. The van der Waals surface area contributed by atoms with Crippen LogP contribution in [0.3, 0.4) is 0 Å². The number of nitrogens with zero attached hydrogens (tertiary/aromatic N) is 2. The number of ether oxygens (including phenoxy) is 1. The molecule has 0 saturated carbocycles. The number of piperazine rings is 1. The highest BCUT2D eigenvalue weighted by Gasteiger charge is 2.24. The molecule has 1 fully saturated rings. The normalized spacial score (nSPS) is 14.1. The van der Waals surface area contributed by atoms with Crippen molar-refractivity contribution in [3.63, 3.8) is 0 Å². The van der Waals surface area contributed by atoms with E-state index in [2.05, 4.69) is 0 Å². The monoisotopic (exact) mass is 400 g/mol. The summed E-state index contributed by atoms with van der Waals surface area (Å²) in [4.78, 5) is 28.4. The van der Waals surface area contributed by atoms with Crippen molar-refractivity contribution in [2.45, 2.75) is 19.8 Å². The molecule has 1 aliphatic rings. The zero-order valence-electron chi connectivity index (χ0n) is 16.1. The number of hydrogen-bond donors (Lipinski definition) is 0. The average molecular weight is 401 g/mol. The SMILES string of the molecule is Cc1ccc(OCC(=O)N2CCN(C(=O)CCc3ccc(Cl)cc3)CC2)cc1. The second kappa shape index (κ2) is 9.60. The number of benzene rings is 2. The molecule has 2 amide bonds. The zero-order chi connectivity index (χ0) is 19.9. The van der Waals surface area contributed by atoms with Crippen molar-refractivity contribution in [2.75, 3.05) is 32.8 Å². The first-order valence-corrected chi connectivity index (χ1v) is 9.88. The third-order valence-corrected chi connectivity index (χ3v) is 5.16. The second-order valence-corrected chi connectivity index (χ2v) is 7.43. The fraction of sp³-hybridized carbons (Fsp3) is 0.364. The van der Waals surface area contributed by atoms with E-state index >= 15 is 0 Å². The Morgan fingerprint density at radius 2 is 1.46 bits per heavy atom. The van der Waals surface area contributed by atoms with Gasteiger partial charge in [-0.1, -0.05) is 41.4 Å². The third-order valence-electron chi connectivity index (χ3n) is 4.91. The molecule has 1 heterocycles. The van der Waals surface area contributed by atoms with E-state index in [0.717, 1.165) is 11.1 Å². The van der Waals surface area contributed by atoms with Crippen LogP contribution in [0.25, 0.3) is 0 Å². The van der Waals surface area contributed by atoms with E-state index in [1.807, 2.05) is 60.4 Å². The number of rotatable bonds is 6. The fourth-order valence-corrected chi connectivity index (χ4v) is 3.26. The van der Waals surface area contributed by atoms with Gasteiger partial charge in [0, 0.05) is 37.6 Å². The van der Waals surface area contributed by atoms with Crippen LogP contribution < -0.4 is 4.74 Å². The van der Waals surface area contributed by atoms with Crippen LogP contribution in [0.2, 0.25) is 5.02 Å². The van der Waals surface area contributed by atoms with Gasteiger partial charge in [-0.3, -0.25) is 9.59 Å². The van der Waals surface area contributed by atoms with Gasteiger partial charge in [0.05, 0.1) is 0 Å². The summed E-state index contributed by atoms with van der Waals surface area (Å²) in [6.07, 6.45) is 1.16. The highest BCUT2D eigenvalue weighted by Crippen LogP contribution is 2.14. The summed E-state index contributed by atoms with van der Waals surface area (Å²) in [6, 6.07) is 15.2. The van der Waals surface area contributed by atoms with Crippen LogP contribution in [-0.2, 0) is 16.0 Å². The Balaban J connectivity index is 1.39. The lowest BCUT2D eigenvalue weighted by Crippen LogP contribution is -2.51. The zero-order valence-corrected chi connectivity index (χ0v) is 16.8. The summed E-state index contributed by atoms with van der Waals surface area (Å²) >= 11 is 5.88. The smallest absolute Gasteiger partial charge is 0.260 e. The second-order valence-electron chi connectivity index (χ2n) is 6.99. The number of carbonyl (C=O) groups excluding carboxylic acids is 2. The summed E-state index contributed by atoms with van der Waals surface area (Å²) in [5, 5.41) is 0.697. The van der Waals surface area contributed by atoms with E-state index in [1.165, 1.54) is 0 Å². The molecule has 148 valence electrons. The van der Waals surface area contributed by atoms with Crippen molar-refractivity contribution >= 4 is 23.4 Å². The van der Waals surface area contributed by atoms with Crippen LogP contribution in [-0.4, -0.2) is 54.4 Å². The Morgan fingerprint density at radius 1 is 0.893 bits per heavy atom. The van der Waals surface area contributed by atoms with Crippen molar-refractivity contribution in [3.8, 4) is 5.75 Å².